The SMILES string of the molecule is CCOCCC1(CNC(=O)c2oc(C)nc2C)CCCC1. The van der Waals surface area contributed by atoms with Gasteiger partial charge in [0.1, 0.15) is 0 Å². The lowest BCUT2D eigenvalue weighted by Crippen LogP contribution is -2.37. The summed E-state index contributed by atoms with van der Waals surface area (Å²) in [5.74, 6) is 0.714. The number of oxazole rings is 1. The quantitative estimate of drug-likeness (QED) is 0.785. The van der Waals surface area contributed by atoms with Gasteiger partial charge in [-0.15, -0.1) is 0 Å². The smallest absolute Gasteiger partial charge is 0.289 e. The highest BCUT2D eigenvalue weighted by molar-refractivity contribution is 5.92. The van der Waals surface area contributed by atoms with Gasteiger partial charge in [0, 0.05) is 26.7 Å². The molecule has 1 aromatic heterocycles. The van der Waals surface area contributed by atoms with Gasteiger partial charge < -0.3 is 14.5 Å². The molecule has 1 N–H and O–H groups in total. The molecule has 0 aliphatic heterocycles. The molecular weight excluding hydrogens is 268 g/mol. The highest BCUT2D eigenvalue weighted by Crippen LogP contribution is 2.40. The molecule has 0 spiro atoms. The molecule has 1 heterocycles. The lowest BCUT2D eigenvalue weighted by Gasteiger charge is -2.29. The highest BCUT2D eigenvalue weighted by atomic mass is 16.5. The van der Waals surface area contributed by atoms with E-state index in [0.29, 0.717) is 23.9 Å². The standard InChI is InChI=1S/C16H26N2O3/c1-4-20-10-9-16(7-5-6-8-16)11-17-15(19)14-12(2)18-13(3)21-14/h4-11H2,1-3H3,(H,17,19). The van der Waals surface area contributed by atoms with Crippen molar-refractivity contribution in [3.05, 3.63) is 17.3 Å². The lowest BCUT2D eigenvalue weighted by molar-refractivity contribution is 0.0840. The summed E-state index contributed by atoms with van der Waals surface area (Å²) < 4.78 is 10.9. The number of hydrogen-bond acceptors (Lipinski definition) is 4. The molecule has 0 atom stereocenters. The molecule has 118 valence electrons. The third kappa shape index (κ3) is 4.06. The molecule has 0 aromatic carbocycles. The zero-order valence-corrected chi connectivity index (χ0v) is 13.3. The van der Waals surface area contributed by atoms with Crippen molar-refractivity contribution in [3.8, 4) is 0 Å². The zero-order valence-electron chi connectivity index (χ0n) is 13.3. The molecule has 1 aromatic rings. The van der Waals surface area contributed by atoms with Gasteiger partial charge in [0.05, 0.1) is 5.69 Å². The first-order valence-corrected chi connectivity index (χ1v) is 7.86. The average Bonchev–Trinajstić information content (AvgIpc) is 3.04. The first kappa shape index (κ1) is 16.0. The van der Waals surface area contributed by atoms with Crippen molar-refractivity contribution < 1.29 is 13.9 Å². The normalized spacial score (nSPS) is 17.1. The summed E-state index contributed by atoms with van der Waals surface area (Å²) in [7, 11) is 0. The van der Waals surface area contributed by atoms with Gasteiger partial charge in [-0.2, -0.15) is 0 Å². The minimum atomic E-state index is -0.157. The second-order valence-electron chi connectivity index (χ2n) is 5.98. The second-order valence-corrected chi connectivity index (χ2v) is 5.98. The zero-order chi connectivity index (χ0) is 15.3. The third-order valence-electron chi connectivity index (χ3n) is 4.38. The monoisotopic (exact) mass is 294 g/mol. The van der Waals surface area contributed by atoms with E-state index in [0.717, 1.165) is 32.5 Å². The van der Waals surface area contributed by atoms with Gasteiger partial charge >= 0.3 is 0 Å². The van der Waals surface area contributed by atoms with E-state index in [1.165, 1.54) is 12.8 Å². The van der Waals surface area contributed by atoms with Crippen molar-refractivity contribution >= 4 is 5.91 Å². The molecule has 1 amide bonds. The number of nitrogens with zero attached hydrogens (tertiary/aromatic N) is 1. The number of rotatable bonds is 7. The molecule has 1 aliphatic carbocycles. The van der Waals surface area contributed by atoms with Gasteiger partial charge in [0.2, 0.25) is 5.76 Å². The fourth-order valence-electron chi connectivity index (χ4n) is 3.16. The Bertz CT molecular complexity index is 476. The molecule has 1 fully saturated rings. The van der Waals surface area contributed by atoms with E-state index in [9.17, 15) is 4.79 Å². The van der Waals surface area contributed by atoms with Gasteiger partial charge in [0.15, 0.2) is 5.89 Å². The van der Waals surface area contributed by atoms with Crippen LogP contribution < -0.4 is 5.32 Å². The van der Waals surface area contributed by atoms with Crippen LogP contribution in [0.15, 0.2) is 4.42 Å². The Morgan fingerprint density at radius 2 is 2.10 bits per heavy atom. The number of nitrogens with one attached hydrogen (secondary N) is 1. The van der Waals surface area contributed by atoms with Crippen molar-refractivity contribution in [2.24, 2.45) is 5.41 Å². The Balaban J connectivity index is 1.92. The molecule has 0 saturated heterocycles. The summed E-state index contributed by atoms with van der Waals surface area (Å²) >= 11 is 0. The summed E-state index contributed by atoms with van der Waals surface area (Å²) in [4.78, 5) is 16.4. The summed E-state index contributed by atoms with van der Waals surface area (Å²) in [6.07, 6.45) is 5.81. The van der Waals surface area contributed by atoms with E-state index in [-0.39, 0.29) is 11.3 Å². The molecular formula is C16H26N2O3. The van der Waals surface area contributed by atoms with Crippen LogP contribution in [-0.4, -0.2) is 30.6 Å². The number of carbonyl (C=O) groups is 1. The Morgan fingerprint density at radius 3 is 2.67 bits per heavy atom. The third-order valence-corrected chi connectivity index (χ3v) is 4.38. The van der Waals surface area contributed by atoms with Gasteiger partial charge in [-0.3, -0.25) is 4.79 Å². The lowest BCUT2D eigenvalue weighted by atomic mass is 9.83. The first-order valence-electron chi connectivity index (χ1n) is 7.86. The number of aromatic nitrogens is 1. The van der Waals surface area contributed by atoms with Crippen molar-refractivity contribution in [2.45, 2.75) is 52.9 Å². The van der Waals surface area contributed by atoms with Crippen LogP contribution in [0.2, 0.25) is 0 Å². The van der Waals surface area contributed by atoms with E-state index in [1.54, 1.807) is 13.8 Å². The predicted octanol–water partition coefficient (Wildman–Crippen LogP) is 3.01. The van der Waals surface area contributed by atoms with Gasteiger partial charge in [-0.05, 0) is 38.5 Å². The Labute approximate surface area is 126 Å². The number of carbonyl (C=O) groups excluding carboxylic acids is 1. The number of hydrogen-bond donors (Lipinski definition) is 1. The number of aryl methyl sites for hydroxylation is 2. The molecule has 2 rings (SSSR count). The molecule has 5 nitrogen and oxygen atoms in total. The van der Waals surface area contributed by atoms with Crippen molar-refractivity contribution in [3.63, 3.8) is 0 Å². The summed E-state index contributed by atoms with van der Waals surface area (Å²) in [6.45, 7) is 7.78. The van der Waals surface area contributed by atoms with Crippen LogP contribution in [0.5, 0.6) is 0 Å². The first-order chi connectivity index (χ1) is 10.1. The molecule has 1 aliphatic rings. The predicted molar refractivity (Wildman–Crippen MR) is 80.3 cm³/mol. The minimum Gasteiger partial charge on any atom is -0.436 e. The fraction of sp³-hybridized carbons (Fsp3) is 0.750. The summed E-state index contributed by atoms with van der Waals surface area (Å²) in [5.41, 5.74) is 0.841. The molecule has 0 radical (unpaired) electrons. The molecule has 0 bridgehead atoms. The second kappa shape index (κ2) is 7.07. The van der Waals surface area contributed by atoms with Crippen LogP contribution >= 0.6 is 0 Å². The maximum atomic E-state index is 12.2. The largest absolute Gasteiger partial charge is 0.436 e. The fourth-order valence-corrected chi connectivity index (χ4v) is 3.16. The van der Waals surface area contributed by atoms with E-state index in [1.807, 2.05) is 6.92 Å². The van der Waals surface area contributed by atoms with Crippen molar-refractivity contribution in [2.75, 3.05) is 19.8 Å². The van der Waals surface area contributed by atoms with Gasteiger partial charge in [0.25, 0.3) is 5.91 Å². The van der Waals surface area contributed by atoms with E-state index in [4.69, 9.17) is 9.15 Å². The van der Waals surface area contributed by atoms with Crippen LogP contribution in [0.3, 0.4) is 0 Å². The van der Waals surface area contributed by atoms with Crippen LogP contribution in [0, 0.1) is 19.3 Å². The number of amides is 1. The maximum absolute atomic E-state index is 12.2. The van der Waals surface area contributed by atoms with E-state index >= 15 is 0 Å². The van der Waals surface area contributed by atoms with Crippen LogP contribution in [-0.2, 0) is 4.74 Å². The van der Waals surface area contributed by atoms with E-state index in [2.05, 4.69) is 10.3 Å². The van der Waals surface area contributed by atoms with E-state index < -0.39 is 0 Å². The summed E-state index contributed by atoms with van der Waals surface area (Å²) in [5, 5.41) is 3.03. The topological polar surface area (TPSA) is 64.4 Å². The van der Waals surface area contributed by atoms with Crippen molar-refractivity contribution in [1.29, 1.82) is 0 Å². The Hall–Kier alpha value is -1.36. The van der Waals surface area contributed by atoms with Crippen LogP contribution in [0.1, 0.15) is 61.2 Å². The molecule has 0 unspecified atom stereocenters. The maximum Gasteiger partial charge on any atom is 0.289 e. The molecule has 1 saturated carbocycles. The Kier molecular flexibility index (Phi) is 5.39. The molecule has 5 heteroatoms. The van der Waals surface area contributed by atoms with Crippen molar-refractivity contribution in [1.82, 2.24) is 10.3 Å². The Morgan fingerprint density at radius 1 is 1.38 bits per heavy atom. The minimum absolute atomic E-state index is 0.157. The number of ether oxygens (including phenoxy) is 1. The average molecular weight is 294 g/mol. The van der Waals surface area contributed by atoms with Gasteiger partial charge in [-0.25, -0.2) is 4.98 Å². The van der Waals surface area contributed by atoms with Crippen LogP contribution in [0.4, 0.5) is 0 Å². The summed E-state index contributed by atoms with van der Waals surface area (Å²) in [6, 6.07) is 0. The molecule has 21 heavy (non-hydrogen) atoms. The van der Waals surface area contributed by atoms with Gasteiger partial charge in [-0.1, -0.05) is 12.8 Å². The highest BCUT2D eigenvalue weighted by Gasteiger charge is 2.34. The van der Waals surface area contributed by atoms with Crippen LogP contribution in [0.25, 0.3) is 0 Å².